The minimum Gasteiger partial charge on any atom is -0.497 e. The van der Waals surface area contributed by atoms with Crippen molar-refractivity contribution in [3.05, 3.63) is 24.3 Å². The summed E-state index contributed by atoms with van der Waals surface area (Å²) in [4.78, 5) is 14.1. The van der Waals surface area contributed by atoms with Crippen molar-refractivity contribution in [1.29, 1.82) is 0 Å². The van der Waals surface area contributed by atoms with Gasteiger partial charge in [-0.15, -0.1) is 0 Å². The summed E-state index contributed by atoms with van der Waals surface area (Å²) in [6.45, 7) is 4.95. The predicted molar refractivity (Wildman–Crippen MR) is 93.9 cm³/mol. The SMILES string of the molecule is CCCSCC(=O)NC[C@@H]1CCN(c2cccc(OC)c2)C1. The van der Waals surface area contributed by atoms with Gasteiger partial charge in [-0.3, -0.25) is 4.79 Å². The summed E-state index contributed by atoms with van der Waals surface area (Å²) in [6.07, 6.45) is 2.25. The van der Waals surface area contributed by atoms with Gasteiger partial charge in [0, 0.05) is 31.4 Å². The number of rotatable bonds is 8. The number of thioether (sulfide) groups is 1. The third-order valence-electron chi connectivity index (χ3n) is 3.87. The molecule has 1 aromatic carbocycles. The Morgan fingerprint density at radius 1 is 1.50 bits per heavy atom. The van der Waals surface area contributed by atoms with Crippen LogP contribution in [0.4, 0.5) is 5.69 Å². The highest BCUT2D eigenvalue weighted by Gasteiger charge is 2.23. The molecule has 5 heteroatoms. The molecule has 0 aliphatic carbocycles. The molecule has 1 N–H and O–H groups in total. The van der Waals surface area contributed by atoms with Gasteiger partial charge >= 0.3 is 0 Å². The van der Waals surface area contributed by atoms with Crippen LogP contribution in [0.5, 0.6) is 5.75 Å². The zero-order chi connectivity index (χ0) is 15.8. The van der Waals surface area contributed by atoms with E-state index in [1.165, 1.54) is 5.69 Å². The van der Waals surface area contributed by atoms with Crippen LogP contribution in [0.3, 0.4) is 0 Å². The van der Waals surface area contributed by atoms with E-state index in [4.69, 9.17) is 4.74 Å². The Bertz CT molecular complexity index is 481. The first-order chi connectivity index (χ1) is 10.7. The molecular formula is C17H26N2O2S. The molecule has 0 spiro atoms. The minimum absolute atomic E-state index is 0.165. The van der Waals surface area contributed by atoms with Crippen LogP contribution in [0.25, 0.3) is 0 Å². The summed E-state index contributed by atoms with van der Waals surface area (Å²) < 4.78 is 5.28. The van der Waals surface area contributed by atoms with Crippen molar-refractivity contribution in [1.82, 2.24) is 5.32 Å². The molecule has 4 nitrogen and oxygen atoms in total. The van der Waals surface area contributed by atoms with Crippen molar-refractivity contribution in [2.24, 2.45) is 5.92 Å². The number of carbonyl (C=O) groups is 1. The molecule has 22 heavy (non-hydrogen) atoms. The second kappa shape index (κ2) is 8.93. The maximum Gasteiger partial charge on any atom is 0.230 e. The number of methoxy groups -OCH3 is 1. The lowest BCUT2D eigenvalue weighted by Crippen LogP contribution is -2.32. The quantitative estimate of drug-likeness (QED) is 0.747. The summed E-state index contributed by atoms with van der Waals surface area (Å²) in [5, 5.41) is 3.07. The van der Waals surface area contributed by atoms with Crippen molar-refractivity contribution in [2.45, 2.75) is 19.8 Å². The monoisotopic (exact) mass is 322 g/mol. The summed E-state index contributed by atoms with van der Waals surface area (Å²) in [6, 6.07) is 8.17. The number of hydrogen-bond acceptors (Lipinski definition) is 4. The number of ether oxygens (including phenoxy) is 1. The van der Waals surface area contributed by atoms with Crippen molar-refractivity contribution in [2.75, 3.05) is 43.1 Å². The van der Waals surface area contributed by atoms with Crippen molar-refractivity contribution < 1.29 is 9.53 Å². The van der Waals surface area contributed by atoms with Gasteiger partial charge in [0.15, 0.2) is 0 Å². The van der Waals surface area contributed by atoms with Gasteiger partial charge in [0.2, 0.25) is 5.91 Å². The van der Waals surface area contributed by atoms with Gasteiger partial charge in [-0.25, -0.2) is 0 Å². The number of anilines is 1. The Labute approximate surface area is 137 Å². The zero-order valence-corrected chi connectivity index (χ0v) is 14.3. The van der Waals surface area contributed by atoms with Crippen LogP contribution in [-0.4, -0.2) is 44.2 Å². The first-order valence-corrected chi connectivity index (χ1v) is 9.11. The fourth-order valence-corrected chi connectivity index (χ4v) is 3.38. The average Bonchev–Trinajstić information content (AvgIpc) is 3.02. The molecule has 1 aliphatic rings. The fourth-order valence-electron chi connectivity index (χ4n) is 2.66. The summed E-state index contributed by atoms with van der Waals surface area (Å²) in [5.41, 5.74) is 1.20. The molecular weight excluding hydrogens is 296 g/mol. The second-order valence-electron chi connectivity index (χ2n) is 5.66. The molecule has 1 aliphatic heterocycles. The minimum atomic E-state index is 0.165. The molecule has 0 saturated carbocycles. The van der Waals surface area contributed by atoms with E-state index in [0.717, 1.165) is 44.0 Å². The molecule has 1 saturated heterocycles. The van der Waals surface area contributed by atoms with E-state index in [1.807, 2.05) is 12.1 Å². The van der Waals surface area contributed by atoms with Gasteiger partial charge in [-0.2, -0.15) is 11.8 Å². The predicted octanol–water partition coefficient (Wildman–Crippen LogP) is 2.78. The molecule has 0 unspecified atom stereocenters. The molecule has 0 aromatic heterocycles. The summed E-state index contributed by atoms with van der Waals surface area (Å²) in [5.74, 6) is 3.23. The summed E-state index contributed by atoms with van der Waals surface area (Å²) in [7, 11) is 1.69. The van der Waals surface area contributed by atoms with Crippen LogP contribution in [0.1, 0.15) is 19.8 Å². The van der Waals surface area contributed by atoms with Crippen LogP contribution >= 0.6 is 11.8 Å². The van der Waals surface area contributed by atoms with E-state index < -0.39 is 0 Å². The van der Waals surface area contributed by atoms with Crippen molar-refractivity contribution in [3.63, 3.8) is 0 Å². The Kier molecular flexibility index (Phi) is 6.90. The standard InChI is InChI=1S/C17H26N2O2S/c1-3-9-22-13-17(20)18-11-14-7-8-19(12-14)15-5-4-6-16(10-15)21-2/h4-6,10,14H,3,7-9,11-13H2,1-2H3,(H,18,20)/t14-/m0/s1. The molecule has 1 fully saturated rings. The summed E-state index contributed by atoms with van der Waals surface area (Å²) >= 11 is 1.71. The number of nitrogens with zero attached hydrogens (tertiary/aromatic N) is 1. The maximum absolute atomic E-state index is 11.7. The van der Waals surface area contributed by atoms with E-state index >= 15 is 0 Å². The van der Waals surface area contributed by atoms with Crippen LogP contribution in [-0.2, 0) is 4.79 Å². The smallest absolute Gasteiger partial charge is 0.230 e. The Hall–Kier alpha value is -1.36. The fraction of sp³-hybridized carbons (Fsp3) is 0.588. The first-order valence-electron chi connectivity index (χ1n) is 7.96. The van der Waals surface area contributed by atoms with Crippen molar-refractivity contribution >= 4 is 23.4 Å². The van der Waals surface area contributed by atoms with Gasteiger partial charge < -0.3 is 15.0 Å². The van der Waals surface area contributed by atoms with Crippen LogP contribution < -0.4 is 15.0 Å². The Balaban J connectivity index is 1.74. The third-order valence-corrected chi connectivity index (χ3v) is 5.04. The van der Waals surface area contributed by atoms with E-state index in [0.29, 0.717) is 11.7 Å². The number of amides is 1. The average molecular weight is 322 g/mol. The highest BCUT2D eigenvalue weighted by Crippen LogP contribution is 2.26. The Morgan fingerprint density at radius 2 is 2.36 bits per heavy atom. The highest BCUT2D eigenvalue weighted by atomic mass is 32.2. The molecule has 1 atom stereocenters. The van der Waals surface area contributed by atoms with Crippen LogP contribution in [0.2, 0.25) is 0 Å². The lowest BCUT2D eigenvalue weighted by atomic mass is 10.1. The lowest BCUT2D eigenvalue weighted by Gasteiger charge is -2.19. The van der Waals surface area contributed by atoms with Gasteiger partial charge in [-0.05, 0) is 36.6 Å². The van der Waals surface area contributed by atoms with Gasteiger partial charge in [0.25, 0.3) is 0 Å². The first kappa shape index (κ1) is 17.0. The van der Waals surface area contributed by atoms with Crippen LogP contribution in [0, 0.1) is 5.92 Å². The molecule has 122 valence electrons. The van der Waals surface area contributed by atoms with Crippen molar-refractivity contribution in [3.8, 4) is 5.75 Å². The molecule has 1 aromatic rings. The largest absolute Gasteiger partial charge is 0.497 e. The maximum atomic E-state index is 11.7. The lowest BCUT2D eigenvalue weighted by molar-refractivity contribution is -0.118. The molecule has 1 heterocycles. The number of nitrogens with one attached hydrogen (secondary N) is 1. The van der Waals surface area contributed by atoms with E-state index in [-0.39, 0.29) is 5.91 Å². The van der Waals surface area contributed by atoms with Crippen LogP contribution in [0.15, 0.2) is 24.3 Å². The highest BCUT2D eigenvalue weighted by molar-refractivity contribution is 7.99. The number of benzene rings is 1. The van der Waals surface area contributed by atoms with E-state index in [1.54, 1.807) is 18.9 Å². The normalized spacial score (nSPS) is 17.5. The van der Waals surface area contributed by atoms with E-state index in [2.05, 4.69) is 29.3 Å². The number of hydrogen-bond donors (Lipinski definition) is 1. The van der Waals surface area contributed by atoms with Gasteiger partial charge in [0.1, 0.15) is 5.75 Å². The second-order valence-corrected chi connectivity index (χ2v) is 6.76. The zero-order valence-electron chi connectivity index (χ0n) is 13.5. The topological polar surface area (TPSA) is 41.6 Å². The Morgan fingerprint density at radius 3 is 3.14 bits per heavy atom. The molecule has 2 rings (SSSR count). The number of carbonyl (C=O) groups excluding carboxylic acids is 1. The molecule has 0 bridgehead atoms. The van der Waals surface area contributed by atoms with Gasteiger partial charge in [-0.1, -0.05) is 13.0 Å². The van der Waals surface area contributed by atoms with Gasteiger partial charge in [0.05, 0.1) is 12.9 Å². The molecule has 1 amide bonds. The molecule has 0 radical (unpaired) electrons. The van der Waals surface area contributed by atoms with E-state index in [9.17, 15) is 4.79 Å². The third kappa shape index (κ3) is 5.13.